The Hall–Kier alpha value is -2.58. The molecule has 7 nitrogen and oxygen atoms in total. The minimum atomic E-state index is -0.277. The third-order valence-electron chi connectivity index (χ3n) is 5.19. The molecular weight excluding hydrogens is 410 g/mol. The van der Waals surface area contributed by atoms with Crippen LogP contribution in [0.25, 0.3) is 0 Å². The number of anilines is 1. The molecule has 2 heterocycles. The highest BCUT2D eigenvalue weighted by Gasteiger charge is 2.22. The molecule has 1 aromatic carbocycles. The van der Waals surface area contributed by atoms with Gasteiger partial charge in [-0.25, -0.2) is 0 Å². The van der Waals surface area contributed by atoms with Crippen molar-refractivity contribution in [3.63, 3.8) is 0 Å². The zero-order valence-corrected chi connectivity index (χ0v) is 19.0. The van der Waals surface area contributed by atoms with Gasteiger partial charge < -0.3 is 10.6 Å². The topological polar surface area (TPSA) is 96.0 Å². The summed E-state index contributed by atoms with van der Waals surface area (Å²) in [4.78, 5) is 25.1. The van der Waals surface area contributed by atoms with E-state index in [9.17, 15) is 9.59 Å². The number of aromatic nitrogens is 2. The number of carbonyl (C=O) groups is 2. The van der Waals surface area contributed by atoms with Crippen molar-refractivity contribution in [3.8, 4) is 0 Å². The van der Waals surface area contributed by atoms with Crippen LogP contribution in [0.3, 0.4) is 0 Å². The van der Waals surface area contributed by atoms with E-state index >= 15 is 0 Å². The lowest BCUT2D eigenvalue weighted by Gasteiger charge is -2.25. The van der Waals surface area contributed by atoms with E-state index in [0.29, 0.717) is 11.6 Å². The van der Waals surface area contributed by atoms with Crippen molar-refractivity contribution in [2.24, 2.45) is 0 Å². The number of rotatable bonds is 9. The standard InChI is InChI=1S/C23H31N5O2S/c1-16(2)22-27-28-23(31-22)26-20(29)14-13-18(12-11-17-8-4-3-5-9-17)25-21(30)19-10-6-7-15-24-19/h3-5,8-9,13-14,16,18-19,24H,6-7,10-12,15H2,1-2H3,(H,25,30)(H,26,28,29)/b14-13+/t18-,19?/m0/s1. The van der Waals surface area contributed by atoms with Crippen LogP contribution in [0.1, 0.15) is 56.0 Å². The average molecular weight is 442 g/mol. The van der Waals surface area contributed by atoms with Gasteiger partial charge in [0.15, 0.2) is 0 Å². The largest absolute Gasteiger partial charge is 0.349 e. The van der Waals surface area contributed by atoms with E-state index in [4.69, 9.17) is 0 Å². The summed E-state index contributed by atoms with van der Waals surface area (Å²) in [5.41, 5.74) is 1.20. The molecule has 166 valence electrons. The molecular formula is C23H31N5O2S. The molecule has 0 saturated carbocycles. The van der Waals surface area contributed by atoms with E-state index in [0.717, 1.165) is 37.2 Å². The van der Waals surface area contributed by atoms with Crippen LogP contribution in [0.15, 0.2) is 42.5 Å². The van der Waals surface area contributed by atoms with E-state index in [1.165, 1.54) is 23.0 Å². The van der Waals surface area contributed by atoms with Crippen molar-refractivity contribution in [2.75, 3.05) is 11.9 Å². The summed E-state index contributed by atoms with van der Waals surface area (Å²) in [5.74, 6) is -0.0144. The second-order valence-electron chi connectivity index (χ2n) is 8.09. The lowest BCUT2D eigenvalue weighted by atomic mass is 10.0. The zero-order valence-electron chi connectivity index (χ0n) is 18.1. The molecule has 0 bridgehead atoms. The van der Waals surface area contributed by atoms with Crippen molar-refractivity contribution in [3.05, 3.63) is 53.1 Å². The molecule has 1 aromatic heterocycles. The maximum Gasteiger partial charge on any atom is 0.249 e. The summed E-state index contributed by atoms with van der Waals surface area (Å²) in [6.45, 7) is 4.94. The molecule has 1 saturated heterocycles. The van der Waals surface area contributed by atoms with Gasteiger partial charge in [0.25, 0.3) is 0 Å². The molecule has 2 atom stereocenters. The van der Waals surface area contributed by atoms with Crippen LogP contribution >= 0.6 is 11.3 Å². The third kappa shape index (κ3) is 7.56. The predicted octanol–water partition coefficient (Wildman–Crippen LogP) is 3.42. The highest BCUT2D eigenvalue weighted by Crippen LogP contribution is 2.22. The predicted molar refractivity (Wildman–Crippen MR) is 124 cm³/mol. The highest BCUT2D eigenvalue weighted by molar-refractivity contribution is 7.15. The Morgan fingerprint density at radius 1 is 1.23 bits per heavy atom. The van der Waals surface area contributed by atoms with Gasteiger partial charge in [0, 0.05) is 18.0 Å². The number of hydrogen-bond donors (Lipinski definition) is 3. The first-order valence-electron chi connectivity index (χ1n) is 10.9. The molecule has 8 heteroatoms. The van der Waals surface area contributed by atoms with Gasteiger partial charge in [-0.3, -0.25) is 14.9 Å². The number of piperidine rings is 1. The van der Waals surface area contributed by atoms with Crippen LogP contribution in [0.2, 0.25) is 0 Å². The Labute approximate surface area is 187 Å². The molecule has 3 N–H and O–H groups in total. The molecule has 3 rings (SSSR count). The fourth-order valence-electron chi connectivity index (χ4n) is 3.41. The Balaban J connectivity index is 1.60. The van der Waals surface area contributed by atoms with Crippen LogP contribution in [-0.4, -0.2) is 40.6 Å². The summed E-state index contributed by atoms with van der Waals surface area (Å²) in [5, 5.41) is 18.6. The second kappa shape index (κ2) is 11.7. The molecule has 2 aromatic rings. The zero-order chi connectivity index (χ0) is 22.1. The highest BCUT2D eigenvalue weighted by atomic mass is 32.1. The van der Waals surface area contributed by atoms with Gasteiger partial charge >= 0.3 is 0 Å². The first kappa shape index (κ1) is 23.1. The lowest BCUT2D eigenvalue weighted by Crippen LogP contribution is -2.49. The van der Waals surface area contributed by atoms with Crippen molar-refractivity contribution < 1.29 is 9.59 Å². The van der Waals surface area contributed by atoms with Gasteiger partial charge in [-0.1, -0.05) is 68.0 Å². The monoisotopic (exact) mass is 441 g/mol. The van der Waals surface area contributed by atoms with Crippen LogP contribution in [0, 0.1) is 0 Å². The Morgan fingerprint density at radius 2 is 2.03 bits per heavy atom. The Kier molecular flexibility index (Phi) is 8.73. The van der Waals surface area contributed by atoms with Crippen LogP contribution in [0.4, 0.5) is 5.13 Å². The fourth-order valence-corrected chi connectivity index (χ4v) is 4.16. The SMILES string of the molecule is CC(C)c1nnc(NC(=O)/C=C/[C@H](CCc2ccccc2)NC(=O)C2CCCCN2)s1. The number of nitrogens with one attached hydrogen (secondary N) is 3. The molecule has 0 radical (unpaired) electrons. The molecule has 31 heavy (non-hydrogen) atoms. The number of aryl methyl sites for hydroxylation is 1. The fraction of sp³-hybridized carbons (Fsp3) is 0.478. The van der Waals surface area contributed by atoms with Gasteiger partial charge in [-0.05, 0) is 37.8 Å². The van der Waals surface area contributed by atoms with Crippen LogP contribution in [-0.2, 0) is 16.0 Å². The van der Waals surface area contributed by atoms with Gasteiger partial charge in [0.05, 0.1) is 6.04 Å². The van der Waals surface area contributed by atoms with Gasteiger partial charge in [-0.2, -0.15) is 0 Å². The van der Waals surface area contributed by atoms with Crippen molar-refractivity contribution >= 4 is 28.3 Å². The Bertz CT molecular complexity index is 875. The van der Waals surface area contributed by atoms with Gasteiger partial charge in [0.1, 0.15) is 5.01 Å². The van der Waals surface area contributed by atoms with Crippen molar-refractivity contribution in [1.29, 1.82) is 0 Å². The number of amides is 2. The van der Waals surface area contributed by atoms with E-state index < -0.39 is 0 Å². The first-order valence-corrected chi connectivity index (χ1v) is 11.7. The minimum absolute atomic E-state index is 0.00600. The molecule has 1 aliphatic heterocycles. The quantitative estimate of drug-likeness (QED) is 0.518. The summed E-state index contributed by atoms with van der Waals surface area (Å²) in [6, 6.07) is 9.74. The smallest absolute Gasteiger partial charge is 0.249 e. The number of hydrogen-bond acceptors (Lipinski definition) is 6. The molecule has 2 amide bonds. The number of benzene rings is 1. The van der Waals surface area contributed by atoms with Crippen LogP contribution < -0.4 is 16.0 Å². The number of nitrogens with zero attached hydrogens (tertiary/aromatic N) is 2. The second-order valence-corrected chi connectivity index (χ2v) is 9.10. The van der Waals surface area contributed by atoms with Gasteiger partial charge in [0.2, 0.25) is 16.9 Å². The molecule has 1 unspecified atom stereocenters. The normalized spacial score (nSPS) is 17.6. The van der Waals surface area contributed by atoms with E-state index in [-0.39, 0.29) is 29.8 Å². The van der Waals surface area contributed by atoms with Crippen LogP contribution in [0.5, 0.6) is 0 Å². The summed E-state index contributed by atoms with van der Waals surface area (Å²) >= 11 is 1.37. The third-order valence-corrected chi connectivity index (χ3v) is 6.33. The van der Waals surface area contributed by atoms with Crippen molar-refractivity contribution in [1.82, 2.24) is 20.8 Å². The van der Waals surface area contributed by atoms with Crippen molar-refractivity contribution in [2.45, 2.75) is 64.0 Å². The van der Waals surface area contributed by atoms with E-state index in [1.807, 2.05) is 32.0 Å². The summed E-state index contributed by atoms with van der Waals surface area (Å²) < 4.78 is 0. The van der Waals surface area contributed by atoms with E-state index in [1.54, 1.807) is 6.08 Å². The lowest BCUT2D eigenvalue weighted by molar-refractivity contribution is -0.124. The summed E-state index contributed by atoms with van der Waals surface area (Å²) in [7, 11) is 0. The molecule has 0 spiro atoms. The molecule has 0 aliphatic carbocycles. The van der Waals surface area contributed by atoms with Gasteiger partial charge in [-0.15, -0.1) is 10.2 Å². The molecule has 1 fully saturated rings. The first-order chi connectivity index (χ1) is 15.0. The maximum absolute atomic E-state index is 12.7. The number of carbonyl (C=O) groups excluding carboxylic acids is 2. The van der Waals surface area contributed by atoms with E-state index in [2.05, 4.69) is 38.3 Å². The maximum atomic E-state index is 12.7. The average Bonchev–Trinajstić information content (AvgIpc) is 3.25. The Morgan fingerprint density at radius 3 is 2.71 bits per heavy atom. The summed E-state index contributed by atoms with van der Waals surface area (Å²) in [6.07, 6.45) is 7.76. The minimum Gasteiger partial charge on any atom is -0.349 e. The molecule has 1 aliphatic rings.